The van der Waals surface area contributed by atoms with Crippen LogP contribution in [0, 0.1) is 11.3 Å². The molecule has 2 unspecified atom stereocenters. The van der Waals surface area contributed by atoms with Crippen molar-refractivity contribution < 1.29 is 19.4 Å². The van der Waals surface area contributed by atoms with Gasteiger partial charge in [-0.25, -0.2) is 0 Å². The summed E-state index contributed by atoms with van der Waals surface area (Å²) in [5.41, 5.74) is 0.361. The van der Waals surface area contributed by atoms with Crippen molar-refractivity contribution >= 4 is 24.3 Å². The monoisotopic (exact) mass is 394 g/mol. The van der Waals surface area contributed by atoms with Crippen LogP contribution in [0.15, 0.2) is 24.3 Å². The molecule has 0 aromatic heterocycles. The smallest absolute Gasteiger partial charge is 0.311 e. The van der Waals surface area contributed by atoms with Gasteiger partial charge in [0.15, 0.2) is 0 Å². The van der Waals surface area contributed by atoms with E-state index in [4.69, 9.17) is 4.74 Å². The third kappa shape index (κ3) is 3.41. The SMILES string of the molecule is CC(C(=O)NC1CCOc2ccccc21)N1C[C@@H]2CCC[C@@]2(C(=O)O)C1.Cl. The van der Waals surface area contributed by atoms with Crippen molar-refractivity contribution in [3.8, 4) is 5.75 Å². The van der Waals surface area contributed by atoms with Crippen LogP contribution in [0.2, 0.25) is 0 Å². The standard InChI is InChI=1S/C20H26N2O4.ClH/c1-13(22-11-14-5-4-9-20(14,12-22)19(24)25)18(23)21-16-8-10-26-17-7-3-2-6-15(16)17;/h2-3,6-7,13-14,16H,4-5,8-12H2,1H3,(H,21,23)(H,24,25);1H/t13?,14-,16?,20+;/m0./s1. The summed E-state index contributed by atoms with van der Waals surface area (Å²) in [6.45, 7) is 3.65. The molecule has 2 aliphatic heterocycles. The molecule has 2 N–H and O–H groups in total. The number of carboxylic acids is 1. The minimum atomic E-state index is -0.700. The summed E-state index contributed by atoms with van der Waals surface area (Å²) in [7, 11) is 0. The maximum atomic E-state index is 12.9. The highest BCUT2D eigenvalue weighted by atomic mass is 35.5. The summed E-state index contributed by atoms with van der Waals surface area (Å²) in [6.07, 6.45) is 3.40. The van der Waals surface area contributed by atoms with Crippen LogP contribution in [0.1, 0.15) is 44.2 Å². The highest BCUT2D eigenvalue weighted by molar-refractivity contribution is 5.85. The van der Waals surface area contributed by atoms with E-state index in [1.54, 1.807) is 0 Å². The van der Waals surface area contributed by atoms with E-state index >= 15 is 0 Å². The Bertz CT molecular complexity index is 728. The average molecular weight is 395 g/mol. The number of rotatable bonds is 4. The fourth-order valence-corrected chi connectivity index (χ4v) is 4.92. The predicted molar refractivity (Wildman–Crippen MR) is 103 cm³/mol. The van der Waals surface area contributed by atoms with Crippen LogP contribution < -0.4 is 10.1 Å². The second kappa shape index (κ2) is 7.68. The highest BCUT2D eigenvalue weighted by Crippen LogP contribution is 2.49. The second-order valence-electron chi connectivity index (χ2n) is 7.89. The number of para-hydroxylation sites is 1. The number of benzene rings is 1. The van der Waals surface area contributed by atoms with Crippen molar-refractivity contribution in [3.05, 3.63) is 29.8 Å². The molecule has 0 radical (unpaired) electrons. The van der Waals surface area contributed by atoms with Crippen molar-refractivity contribution in [3.63, 3.8) is 0 Å². The van der Waals surface area contributed by atoms with Gasteiger partial charge in [-0.1, -0.05) is 24.6 Å². The second-order valence-corrected chi connectivity index (χ2v) is 7.89. The first-order valence-corrected chi connectivity index (χ1v) is 9.51. The van der Waals surface area contributed by atoms with Gasteiger partial charge in [-0.3, -0.25) is 14.5 Å². The number of halogens is 1. The van der Waals surface area contributed by atoms with Gasteiger partial charge in [0.2, 0.25) is 5.91 Å². The molecule has 0 spiro atoms. The Balaban J connectivity index is 0.00000210. The first-order valence-electron chi connectivity index (χ1n) is 9.51. The van der Waals surface area contributed by atoms with Gasteiger partial charge in [-0.15, -0.1) is 12.4 Å². The highest BCUT2D eigenvalue weighted by Gasteiger charge is 2.55. The maximum Gasteiger partial charge on any atom is 0.311 e. The first kappa shape index (κ1) is 20.0. The Morgan fingerprint density at radius 1 is 1.33 bits per heavy atom. The topological polar surface area (TPSA) is 78.9 Å². The number of fused-ring (bicyclic) bond motifs is 2. The van der Waals surface area contributed by atoms with E-state index in [9.17, 15) is 14.7 Å². The number of likely N-dealkylation sites (tertiary alicyclic amines) is 1. The lowest BCUT2D eigenvalue weighted by atomic mass is 9.81. The van der Waals surface area contributed by atoms with Gasteiger partial charge in [0, 0.05) is 25.1 Å². The zero-order valence-corrected chi connectivity index (χ0v) is 16.3. The lowest BCUT2D eigenvalue weighted by Gasteiger charge is -2.30. The lowest BCUT2D eigenvalue weighted by molar-refractivity contribution is -0.149. The molecule has 6 nitrogen and oxygen atoms in total. The van der Waals surface area contributed by atoms with Gasteiger partial charge in [0.05, 0.1) is 24.1 Å². The van der Waals surface area contributed by atoms with Crippen LogP contribution in [0.5, 0.6) is 5.75 Å². The van der Waals surface area contributed by atoms with Crippen LogP contribution >= 0.6 is 12.4 Å². The van der Waals surface area contributed by atoms with E-state index in [0.29, 0.717) is 19.7 Å². The fraction of sp³-hybridized carbons (Fsp3) is 0.600. The number of aliphatic carboxylic acids is 1. The van der Waals surface area contributed by atoms with Crippen LogP contribution in [-0.4, -0.2) is 47.6 Å². The lowest BCUT2D eigenvalue weighted by Crippen LogP contribution is -2.47. The molecular formula is C20H27ClN2O4. The molecule has 1 saturated carbocycles. The van der Waals surface area contributed by atoms with Crippen molar-refractivity contribution in [2.45, 2.75) is 44.7 Å². The zero-order valence-electron chi connectivity index (χ0n) is 15.5. The molecule has 3 aliphatic rings. The number of carboxylic acid groups (broad SMARTS) is 1. The molecule has 4 rings (SSSR count). The Labute approximate surface area is 165 Å². The Hall–Kier alpha value is -1.79. The van der Waals surface area contributed by atoms with Crippen molar-refractivity contribution in [1.82, 2.24) is 10.2 Å². The summed E-state index contributed by atoms with van der Waals surface area (Å²) in [5.74, 6) is 0.261. The van der Waals surface area contributed by atoms with E-state index in [-0.39, 0.29) is 36.3 Å². The third-order valence-corrected chi connectivity index (χ3v) is 6.53. The molecule has 7 heteroatoms. The van der Waals surface area contributed by atoms with Gasteiger partial charge in [0.25, 0.3) is 0 Å². The van der Waals surface area contributed by atoms with E-state index in [0.717, 1.165) is 37.0 Å². The Morgan fingerprint density at radius 2 is 2.11 bits per heavy atom. The quantitative estimate of drug-likeness (QED) is 0.820. The maximum absolute atomic E-state index is 12.9. The normalized spacial score (nSPS) is 30.4. The number of hydrogen-bond donors (Lipinski definition) is 2. The number of nitrogens with one attached hydrogen (secondary N) is 1. The average Bonchev–Trinajstić information content (AvgIpc) is 3.20. The number of nitrogens with zero attached hydrogens (tertiary/aromatic N) is 1. The van der Waals surface area contributed by atoms with Gasteiger partial charge in [0.1, 0.15) is 5.75 Å². The Morgan fingerprint density at radius 3 is 2.85 bits per heavy atom. The summed E-state index contributed by atoms with van der Waals surface area (Å²) >= 11 is 0. The van der Waals surface area contributed by atoms with Gasteiger partial charge >= 0.3 is 5.97 Å². The zero-order chi connectivity index (χ0) is 18.3. The van der Waals surface area contributed by atoms with Crippen LogP contribution in [0.3, 0.4) is 0 Å². The number of amides is 1. The number of carbonyl (C=O) groups excluding carboxylic acids is 1. The Kier molecular flexibility index (Phi) is 5.68. The molecule has 148 valence electrons. The molecule has 1 aromatic carbocycles. The number of ether oxygens (including phenoxy) is 1. The van der Waals surface area contributed by atoms with Crippen molar-refractivity contribution in [2.75, 3.05) is 19.7 Å². The minimum Gasteiger partial charge on any atom is -0.493 e. The molecule has 0 bridgehead atoms. The molecule has 27 heavy (non-hydrogen) atoms. The summed E-state index contributed by atoms with van der Waals surface area (Å²) in [5, 5.41) is 12.9. The van der Waals surface area contributed by atoms with Gasteiger partial charge < -0.3 is 15.2 Å². The first-order chi connectivity index (χ1) is 12.5. The molecule has 2 heterocycles. The molecule has 4 atom stereocenters. The van der Waals surface area contributed by atoms with Gasteiger partial charge in [-0.2, -0.15) is 0 Å². The van der Waals surface area contributed by atoms with E-state index in [1.165, 1.54) is 0 Å². The van der Waals surface area contributed by atoms with Crippen LogP contribution in [-0.2, 0) is 9.59 Å². The number of hydrogen-bond acceptors (Lipinski definition) is 4. The molecule has 1 aliphatic carbocycles. The van der Waals surface area contributed by atoms with E-state index < -0.39 is 11.4 Å². The third-order valence-electron chi connectivity index (χ3n) is 6.53. The van der Waals surface area contributed by atoms with Crippen molar-refractivity contribution in [2.24, 2.45) is 11.3 Å². The van der Waals surface area contributed by atoms with Crippen LogP contribution in [0.25, 0.3) is 0 Å². The van der Waals surface area contributed by atoms with E-state index in [2.05, 4.69) is 10.2 Å². The molecule has 1 aromatic rings. The molecule has 2 fully saturated rings. The molecular weight excluding hydrogens is 368 g/mol. The summed E-state index contributed by atoms with van der Waals surface area (Å²) in [6, 6.07) is 7.42. The molecule has 1 amide bonds. The van der Waals surface area contributed by atoms with Crippen LogP contribution in [0.4, 0.5) is 0 Å². The minimum absolute atomic E-state index is 0. The number of carbonyl (C=O) groups is 2. The largest absolute Gasteiger partial charge is 0.493 e. The van der Waals surface area contributed by atoms with Crippen molar-refractivity contribution in [1.29, 1.82) is 0 Å². The predicted octanol–water partition coefficient (Wildman–Crippen LogP) is 2.62. The molecule has 1 saturated heterocycles. The van der Waals surface area contributed by atoms with E-state index in [1.807, 2.05) is 31.2 Å². The summed E-state index contributed by atoms with van der Waals surface area (Å²) < 4.78 is 5.66. The fourth-order valence-electron chi connectivity index (χ4n) is 4.92. The summed E-state index contributed by atoms with van der Waals surface area (Å²) in [4.78, 5) is 26.8. The van der Waals surface area contributed by atoms with Gasteiger partial charge in [-0.05, 0) is 31.7 Å².